The zero-order chi connectivity index (χ0) is 14.8. The smallest absolute Gasteiger partial charge is 0.142 e. The van der Waals surface area contributed by atoms with E-state index in [-0.39, 0.29) is 0 Å². The van der Waals surface area contributed by atoms with Gasteiger partial charge in [0.2, 0.25) is 0 Å². The molecular formula is C16H17N3S2. The molecule has 5 heteroatoms. The minimum Gasteiger partial charge on any atom is -0.383 e. The number of aryl methyl sites for hydroxylation is 2. The van der Waals surface area contributed by atoms with Gasteiger partial charge in [-0.3, -0.25) is 0 Å². The topological polar surface area (TPSA) is 51.8 Å². The molecule has 2 aromatic heterocycles. The first kappa shape index (κ1) is 14.4. The van der Waals surface area contributed by atoms with E-state index in [2.05, 4.69) is 54.1 Å². The van der Waals surface area contributed by atoms with E-state index < -0.39 is 0 Å². The first-order valence-electron chi connectivity index (χ1n) is 6.90. The van der Waals surface area contributed by atoms with E-state index in [4.69, 9.17) is 5.73 Å². The van der Waals surface area contributed by atoms with Gasteiger partial charge in [-0.05, 0) is 31.5 Å². The summed E-state index contributed by atoms with van der Waals surface area (Å²) in [5.74, 6) is 2.13. The van der Waals surface area contributed by atoms with Gasteiger partial charge in [0.25, 0.3) is 0 Å². The summed E-state index contributed by atoms with van der Waals surface area (Å²) in [5, 5.41) is 0.987. The van der Waals surface area contributed by atoms with E-state index in [0.717, 1.165) is 28.2 Å². The molecule has 2 N–H and O–H groups in total. The van der Waals surface area contributed by atoms with Crippen molar-refractivity contribution >= 4 is 39.1 Å². The second-order valence-electron chi connectivity index (χ2n) is 4.91. The quantitative estimate of drug-likeness (QED) is 0.723. The summed E-state index contributed by atoms with van der Waals surface area (Å²) >= 11 is 3.44. The summed E-state index contributed by atoms with van der Waals surface area (Å²) in [5.41, 5.74) is 7.33. The molecule has 0 fully saturated rings. The van der Waals surface area contributed by atoms with Crippen LogP contribution in [0.5, 0.6) is 0 Å². The summed E-state index contributed by atoms with van der Waals surface area (Å²) in [6.07, 6.45) is 1.01. The number of nitrogen functional groups attached to an aromatic ring is 1. The number of rotatable bonds is 4. The monoisotopic (exact) mass is 315 g/mol. The molecule has 0 saturated heterocycles. The number of anilines is 1. The summed E-state index contributed by atoms with van der Waals surface area (Å²) in [6, 6.07) is 10.6. The van der Waals surface area contributed by atoms with Gasteiger partial charge in [-0.1, -0.05) is 24.6 Å². The number of aromatic nitrogens is 2. The van der Waals surface area contributed by atoms with E-state index in [1.165, 1.54) is 15.3 Å². The number of hydrogen-bond acceptors (Lipinski definition) is 5. The summed E-state index contributed by atoms with van der Waals surface area (Å²) < 4.78 is 0. The molecule has 0 aliphatic heterocycles. The van der Waals surface area contributed by atoms with Gasteiger partial charge in [-0.25, -0.2) is 9.97 Å². The molecule has 21 heavy (non-hydrogen) atoms. The van der Waals surface area contributed by atoms with E-state index in [1.807, 2.05) is 0 Å². The van der Waals surface area contributed by atoms with Crippen LogP contribution >= 0.6 is 23.1 Å². The number of hydrogen-bond donors (Lipinski definition) is 1. The first-order valence-corrected chi connectivity index (χ1v) is 8.70. The minimum absolute atomic E-state index is 0.593. The van der Waals surface area contributed by atoms with E-state index in [9.17, 15) is 0 Å². The molecule has 3 rings (SSSR count). The fourth-order valence-corrected chi connectivity index (χ4v) is 3.81. The third-order valence-electron chi connectivity index (χ3n) is 3.26. The van der Waals surface area contributed by atoms with Crippen molar-refractivity contribution in [3.63, 3.8) is 0 Å². The summed E-state index contributed by atoms with van der Waals surface area (Å²) in [6.45, 7) is 4.23. The van der Waals surface area contributed by atoms with Crippen molar-refractivity contribution in [1.82, 2.24) is 9.97 Å². The Hall–Kier alpha value is -1.59. The van der Waals surface area contributed by atoms with Crippen LogP contribution in [0.25, 0.3) is 10.2 Å². The summed E-state index contributed by atoms with van der Waals surface area (Å²) in [4.78, 5) is 12.6. The maximum Gasteiger partial charge on any atom is 0.142 e. The van der Waals surface area contributed by atoms with Gasteiger partial charge >= 0.3 is 0 Å². The van der Waals surface area contributed by atoms with Crippen molar-refractivity contribution in [2.45, 2.75) is 30.9 Å². The van der Waals surface area contributed by atoms with Crippen LogP contribution in [-0.4, -0.2) is 9.97 Å². The Morgan fingerprint density at radius 3 is 2.67 bits per heavy atom. The maximum atomic E-state index is 6.06. The highest BCUT2D eigenvalue weighted by molar-refractivity contribution is 7.98. The van der Waals surface area contributed by atoms with Crippen LogP contribution in [0.1, 0.15) is 23.2 Å². The second kappa shape index (κ2) is 6.03. The van der Waals surface area contributed by atoms with E-state index in [0.29, 0.717) is 5.82 Å². The van der Waals surface area contributed by atoms with Gasteiger partial charge in [0.05, 0.1) is 11.1 Å². The van der Waals surface area contributed by atoms with Crippen molar-refractivity contribution in [3.8, 4) is 0 Å². The van der Waals surface area contributed by atoms with Gasteiger partial charge in [0, 0.05) is 9.77 Å². The van der Waals surface area contributed by atoms with Crippen LogP contribution in [0, 0.1) is 6.92 Å². The van der Waals surface area contributed by atoms with Crippen molar-refractivity contribution in [2.75, 3.05) is 5.73 Å². The molecule has 0 aliphatic rings. The van der Waals surface area contributed by atoms with Gasteiger partial charge in [0.1, 0.15) is 16.5 Å². The standard InChI is InChI=1S/C16H17N3S2/c1-3-11-8-13-15(17)18-14(19-16(13)21-11)9-20-12-6-4-10(2)5-7-12/h4-8H,3,9H2,1-2H3,(H2,17,18,19). The van der Waals surface area contributed by atoms with Crippen molar-refractivity contribution in [1.29, 1.82) is 0 Å². The number of fused-ring (bicyclic) bond motifs is 1. The van der Waals surface area contributed by atoms with Crippen molar-refractivity contribution in [2.24, 2.45) is 0 Å². The maximum absolute atomic E-state index is 6.06. The normalized spacial score (nSPS) is 11.1. The fraction of sp³-hybridized carbons (Fsp3) is 0.250. The zero-order valence-corrected chi connectivity index (χ0v) is 13.7. The molecular weight excluding hydrogens is 298 g/mol. The van der Waals surface area contributed by atoms with Gasteiger partial charge in [0.15, 0.2) is 0 Å². The largest absolute Gasteiger partial charge is 0.383 e. The Kier molecular flexibility index (Phi) is 4.12. The molecule has 0 unspecified atom stereocenters. The second-order valence-corrected chi connectivity index (χ2v) is 7.08. The Bertz CT molecular complexity index is 763. The fourth-order valence-electron chi connectivity index (χ4n) is 2.06. The lowest BCUT2D eigenvalue weighted by Gasteiger charge is -2.03. The third kappa shape index (κ3) is 3.19. The van der Waals surface area contributed by atoms with Crippen LogP contribution in [0.3, 0.4) is 0 Å². The Morgan fingerprint density at radius 2 is 1.95 bits per heavy atom. The van der Waals surface area contributed by atoms with Gasteiger partial charge in [-0.15, -0.1) is 23.1 Å². The SMILES string of the molecule is CCc1cc2c(N)nc(CSc3ccc(C)cc3)nc2s1. The van der Waals surface area contributed by atoms with E-state index in [1.54, 1.807) is 23.1 Å². The summed E-state index contributed by atoms with van der Waals surface area (Å²) in [7, 11) is 0. The Labute approximate surface area is 132 Å². The molecule has 0 spiro atoms. The molecule has 0 amide bonds. The van der Waals surface area contributed by atoms with Crippen molar-refractivity contribution in [3.05, 3.63) is 46.6 Å². The highest BCUT2D eigenvalue weighted by atomic mass is 32.2. The van der Waals surface area contributed by atoms with Gasteiger partial charge in [-0.2, -0.15) is 0 Å². The average molecular weight is 315 g/mol. The lowest BCUT2D eigenvalue weighted by molar-refractivity contribution is 1.08. The number of thiophene rings is 1. The number of nitrogens with zero attached hydrogens (tertiary/aromatic N) is 2. The molecule has 0 radical (unpaired) electrons. The lowest BCUT2D eigenvalue weighted by atomic mass is 10.2. The minimum atomic E-state index is 0.593. The third-order valence-corrected chi connectivity index (χ3v) is 5.44. The highest BCUT2D eigenvalue weighted by Gasteiger charge is 2.09. The molecule has 2 heterocycles. The van der Waals surface area contributed by atoms with E-state index >= 15 is 0 Å². The molecule has 3 nitrogen and oxygen atoms in total. The predicted octanol–water partition coefficient (Wildman–Crippen LogP) is 4.44. The lowest BCUT2D eigenvalue weighted by Crippen LogP contribution is -1.98. The molecule has 0 aliphatic carbocycles. The molecule has 1 aromatic carbocycles. The van der Waals surface area contributed by atoms with Crippen LogP contribution < -0.4 is 5.73 Å². The number of nitrogens with two attached hydrogens (primary N) is 1. The molecule has 0 bridgehead atoms. The number of thioether (sulfide) groups is 1. The van der Waals surface area contributed by atoms with Crippen LogP contribution in [0.2, 0.25) is 0 Å². The molecule has 0 atom stereocenters. The Balaban J connectivity index is 1.82. The van der Waals surface area contributed by atoms with Crippen LogP contribution in [-0.2, 0) is 12.2 Å². The highest BCUT2D eigenvalue weighted by Crippen LogP contribution is 2.29. The van der Waals surface area contributed by atoms with Gasteiger partial charge < -0.3 is 5.73 Å². The molecule has 0 saturated carbocycles. The van der Waals surface area contributed by atoms with Crippen LogP contribution in [0.15, 0.2) is 35.2 Å². The zero-order valence-electron chi connectivity index (χ0n) is 12.1. The van der Waals surface area contributed by atoms with Crippen LogP contribution in [0.4, 0.5) is 5.82 Å². The average Bonchev–Trinajstić information content (AvgIpc) is 2.90. The molecule has 108 valence electrons. The Morgan fingerprint density at radius 1 is 1.19 bits per heavy atom. The molecule has 3 aromatic rings. The number of benzene rings is 1. The first-order chi connectivity index (χ1) is 10.2. The van der Waals surface area contributed by atoms with Crippen molar-refractivity contribution < 1.29 is 0 Å². The predicted molar refractivity (Wildman–Crippen MR) is 91.9 cm³/mol.